The van der Waals surface area contributed by atoms with E-state index in [0.717, 1.165) is 12.0 Å². The van der Waals surface area contributed by atoms with Gasteiger partial charge in [0.25, 0.3) is 0 Å². The van der Waals surface area contributed by atoms with Crippen LogP contribution < -0.4 is 5.32 Å². The van der Waals surface area contributed by atoms with Crippen molar-refractivity contribution in [3.8, 4) is 11.5 Å². The van der Waals surface area contributed by atoms with Crippen LogP contribution in [-0.2, 0) is 11.2 Å². The summed E-state index contributed by atoms with van der Waals surface area (Å²) < 4.78 is 5.54. The van der Waals surface area contributed by atoms with Gasteiger partial charge in [-0.3, -0.25) is 4.79 Å². The molecular weight excluding hydrogens is 242 g/mol. The van der Waals surface area contributed by atoms with Crippen molar-refractivity contribution in [3.63, 3.8) is 0 Å². The van der Waals surface area contributed by atoms with E-state index in [1.165, 1.54) is 0 Å². The molecule has 19 heavy (non-hydrogen) atoms. The highest BCUT2D eigenvalue weighted by molar-refractivity contribution is 5.75. The summed E-state index contributed by atoms with van der Waals surface area (Å²) >= 11 is 0. The second-order valence-corrected chi connectivity index (χ2v) is 4.22. The molecule has 0 aliphatic heterocycles. The van der Waals surface area contributed by atoms with Crippen LogP contribution in [0.5, 0.6) is 0 Å². The van der Waals surface area contributed by atoms with Crippen LogP contribution in [0.2, 0.25) is 0 Å². The molecule has 0 radical (unpaired) electrons. The Bertz CT molecular complexity index is 522. The molecule has 0 spiro atoms. The van der Waals surface area contributed by atoms with Crippen molar-refractivity contribution < 1.29 is 9.21 Å². The van der Waals surface area contributed by atoms with Crippen LogP contribution in [-0.4, -0.2) is 22.6 Å². The van der Waals surface area contributed by atoms with Crippen molar-refractivity contribution in [1.82, 2.24) is 15.5 Å². The van der Waals surface area contributed by atoms with Gasteiger partial charge in [0.05, 0.1) is 0 Å². The van der Waals surface area contributed by atoms with Gasteiger partial charge in [-0.15, -0.1) is 10.2 Å². The fourth-order valence-corrected chi connectivity index (χ4v) is 1.68. The highest BCUT2D eigenvalue weighted by atomic mass is 16.4. The lowest BCUT2D eigenvalue weighted by atomic mass is 10.2. The highest BCUT2D eigenvalue weighted by Crippen LogP contribution is 2.16. The molecule has 5 nitrogen and oxygen atoms in total. The maximum Gasteiger partial charge on any atom is 0.247 e. The molecule has 0 fully saturated rings. The number of aromatic nitrogens is 2. The van der Waals surface area contributed by atoms with Gasteiger partial charge in [-0.2, -0.15) is 0 Å². The topological polar surface area (TPSA) is 68.0 Å². The molecule has 0 bridgehead atoms. The zero-order valence-corrected chi connectivity index (χ0v) is 10.9. The lowest BCUT2D eigenvalue weighted by Crippen LogP contribution is -2.25. The number of rotatable bonds is 6. The molecule has 1 aromatic carbocycles. The van der Waals surface area contributed by atoms with E-state index in [9.17, 15) is 4.79 Å². The summed E-state index contributed by atoms with van der Waals surface area (Å²) in [6.45, 7) is 2.50. The highest BCUT2D eigenvalue weighted by Gasteiger charge is 2.08. The van der Waals surface area contributed by atoms with Crippen molar-refractivity contribution in [1.29, 1.82) is 0 Å². The molecule has 2 aromatic rings. The van der Waals surface area contributed by atoms with Crippen LogP contribution in [0.1, 0.15) is 25.7 Å². The maximum absolute atomic E-state index is 11.3. The van der Waals surface area contributed by atoms with E-state index in [2.05, 4.69) is 15.5 Å². The molecular formula is C14H17N3O2. The number of hydrogen-bond donors (Lipinski definition) is 1. The maximum atomic E-state index is 11.3. The second kappa shape index (κ2) is 6.68. The first-order valence-electron chi connectivity index (χ1n) is 6.44. The van der Waals surface area contributed by atoms with E-state index in [0.29, 0.717) is 31.2 Å². The Balaban J connectivity index is 1.86. The normalized spacial score (nSPS) is 10.4. The lowest BCUT2D eigenvalue weighted by molar-refractivity contribution is -0.121. The zero-order chi connectivity index (χ0) is 13.5. The monoisotopic (exact) mass is 259 g/mol. The zero-order valence-electron chi connectivity index (χ0n) is 10.9. The Morgan fingerprint density at radius 1 is 1.26 bits per heavy atom. The first-order valence-corrected chi connectivity index (χ1v) is 6.44. The van der Waals surface area contributed by atoms with Gasteiger partial charge < -0.3 is 9.73 Å². The fourth-order valence-electron chi connectivity index (χ4n) is 1.68. The predicted octanol–water partition coefficient (Wildman–Crippen LogP) is 2.20. The van der Waals surface area contributed by atoms with Crippen molar-refractivity contribution >= 4 is 5.91 Å². The quantitative estimate of drug-likeness (QED) is 0.863. The van der Waals surface area contributed by atoms with E-state index in [1.807, 2.05) is 37.3 Å². The summed E-state index contributed by atoms with van der Waals surface area (Å²) in [5, 5.41) is 10.8. The molecule has 1 aromatic heterocycles. The second-order valence-electron chi connectivity index (χ2n) is 4.22. The van der Waals surface area contributed by atoms with Gasteiger partial charge in [-0.1, -0.05) is 25.1 Å². The minimum absolute atomic E-state index is 0.0605. The molecule has 0 unspecified atom stereocenters. The van der Waals surface area contributed by atoms with Crippen molar-refractivity contribution in [2.45, 2.75) is 26.2 Å². The van der Waals surface area contributed by atoms with Gasteiger partial charge in [0.15, 0.2) is 0 Å². The number of benzene rings is 1. The van der Waals surface area contributed by atoms with Gasteiger partial charge in [-0.05, 0) is 18.6 Å². The molecule has 2 rings (SSSR count). The number of nitrogens with zero attached hydrogens (tertiary/aromatic N) is 2. The molecule has 0 saturated heterocycles. The molecule has 5 heteroatoms. The van der Waals surface area contributed by atoms with E-state index in [4.69, 9.17) is 4.42 Å². The van der Waals surface area contributed by atoms with E-state index in [1.54, 1.807) is 0 Å². The average Bonchev–Trinajstić information content (AvgIpc) is 2.89. The van der Waals surface area contributed by atoms with Crippen LogP contribution >= 0.6 is 0 Å². The fraction of sp³-hybridized carbons (Fsp3) is 0.357. The van der Waals surface area contributed by atoms with E-state index >= 15 is 0 Å². The summed E-state index contributed by atoms with van der Waals surface area (Å²) in [6.07, 6.45) is 1.96. The van der Waals surface area contributed by atoms with Gasteiger partial charge in [0.2, 0.25) is 17.7 Å². The standard InChI is InChI=1S/C14H17N3O2/c1-2-6-12(18)15-10-9-13-16-17-14(19-13)11-7-4-3-5-8-11/h3-5,7-8H,2,6,9-10H2,1H3,(H,15,18). The van der Waals surface area contributed by atoms with Gasteiger partial charge in [0, 0.05) is 24.9 Å². The number of hydrogen-bond acceptors (Lipinski definition) is 4. The largest absolute Gasteiger partial charge is 0.421 e. The number of carbonyl (C=O) groups is 1. The Hall–Kier alpha value is -2.17. The van der Waals surface area contributed by atoms with Gasteiger partial charge in [-0.25, -0.2) is 0 Å². The summed E-state index contributed by atoms with van der Waals surface area (Å²) in [6, 6.07) is 9.61. The van der Waals surface area contributed by atoms with Gasteiger partial charge in [0.1, 0.15) is 0 Å². The molecule has 100 valence electrons. The molecule has 0 atom stereocenters. The third-order valence-corrected chi connectivity index (χ3v) is 2.63. The number of nitrogens with one attached hydrogen (secondary N) is 1. The molecule has 0 saturated carbocycles. The van der Waals surface area contributed by atoms with Crippen LogP contribution in [0.4, 0.5) is 0 Å². The van der Waals surface area contributed by atoms with Crippen molar-refractivity contribution in [2.24, 2.45) is 0 Å². The Morgan fingerprint density at radius 2 is 2.05 bits per heavy atom. The van der Waals surface area contributed by atoms with E-state index < -0.39 is 0 Å². The third-order valence-electron chi connectivity index (χ3n) is 2.63. The first kappa shape index (κ1) is 13.3. The van der Waals surface area contributed by atoms with Crippen LogP contribution in [0.15, 0.2) is 34.7 Å². The summed E-state index contributed by atoms with van der Waals surface area (Å²) in [4.78, 5) is 11.3. The number of amides is 1. The Morgan fingerprint density at radius 3 is 2.79 bits per heavy atom. The summed E-state index contributed by atoms with van der Waals surface area (Å²) in [5.74, 6) is 1.11. The Labute approximate surface area is 112 Å². The lowest BCUT2D eigenvalue weighted by Gasteiger charge is -2.00. The average molecular weight is 259 g/mol. The third kappa shape index (κ3) is 3.91. The number of carbonyl (C=O) groups excluding carboxylic acids is 1. The predicted molar refractivity (Wildman–Crippen MR) is 71.4 cm³/mol. The molecule has 1 heterocycles. The summed E-state index contributed by atoms with van der Waals surface area (Å²) in [5.41, 5.74) is 0.899. The Kier molecular flexibility index (Phi) is 4.66. The molecule has 0 aliphatic rings. The van der Waals surface area contributed by atoms with Crippen LogP contribution in [0.25, 0.3) is 11.5 Å². The van der Waals surface area contributed by atoms with Gasteiger partial charge >= 0.3 is 0 Å². The summed E-state index contributed by atoms with van der Waals surface area (Å²) in [7, 11) is 0. The van der Waals surface area contributed by atoms with Crippen LogP contribution in [0.3, 0.4) is 0 Å². The SMILES string of the molecule is CCCC(=O)NCCc1nnc(-c2ccccc2)o1. The molecule has 1 N–H and O–H groups in total. The van der Waals surface area contributed by atoms with E-state index in [-0.39, 0.29) is 5.91 Å². The minimum Gasteiger partial charge on any atom is -0.421 e. The van der Waals surface area contributed by atoms with Crippen molar-refractivity contribution in [3.05, 3.63) is 36.2 Å². The first-order chi connectivity index (χ1) is 9.29. The molecule has 0 aliphatic carbocycles. The minimum atomic E-state index is 0.0605. The van der Waals surface area contributed by atoms with Crippen molar-refractivity contribution in [2.75, 3.05) is 6.54 Å². The molecule has 1 amide bonds. The smallest absolute Gasteiger partial charge is 0.247 e. The van der Waals surface area contributed by atoms with Crippen LogP contribution in [0, 0.1) is 0 Å².